The van der Waals surface area contributed by atoms with Gasteiger partial charge in [-0.3, -0.25) is 4.79 Å². The Labute approximate surface area is 166 Å². The van der Waals surface area contributed by atoms with E-state index in [1.54, 1.807) is 37.5 Å². The third kappa shape index (κ3) is 6.76. The number of esters is 1. The van der Waals surface area contributed by atoms with Crippen molar-refractivity contribution in [2.75, 3.05) is 20.3 Å². The van der Waals surface area contributed by atoms with Gasteiger partial charge in [0.15, 0.2) is 18.1 Å². The number of carbonyl (C=O) groups excluding carboxylic acids is 2. The molecule has 0 aliphatic heterocycles. The first-order chi connectivity index (χ1) is 13.5. The molecule has 1 aromatic carbocycles. The van der Waals surface area contributed by atoms with Crippen molar-refractivity contribution in [2.45, 2.75) is 38.6 Å². The average molecular weight is 387 g/mol. The van der Waals surface area contributed by atoms with Crippen molar-refractivity contribution in [3.63, 3.8) is 0 Å². The minimum Gasteiger partial charge on any atom is -0.493 e. The normalized spacial score (nSPS) is 19.1. The van der Waals surface area contributed by atoms with Crippen LogP contribution in [-0.4, -0.2) is 38.2 Å². The molecule has 1 saturated carbocycles. The summed E-state index contributed by atoms with van der Waals surface area (Å²) in [6.45, 7) is 5.85. The van der Waals surface area contributed by atoms with Gasteiger partial charge in [-0.05, 0) is 42.5 Å². The van der Waals surface area contributed by atoms with Crippen LogP contribution in [0.15, 0.2) is 36.9 Å². The molecular weight excluding hydrogens is 358 g/mol. The van der Waals surface area contributed by atoms with E-state index in [4.69, 9.17) is 14.2 Å². The zero-order chi connectivity index (χ0) is 20.4. The van der Waals surface area contributed by atoms with Gasteiger partial charge in [0.1, 0.15) is 6.61 Å². The Morgan fingerprint density at radius 1 is 1.25 bits per heavy atom. The van der Waals surface area contributed by atoms with Gasteiger partial charge in [0.05, 0.1) is 7.11 Å². The zero-order valence-corrected chi connectivity index (χ0v) is 16.6. The lowest BCUT2D eigenvalue weighted by molar-refractivity contribution is -0.144. The molecule has 0 spiro atoms. The van der Waals surface area contributed by atoms with Crippen LogP contribution in [0.2, 0.25) is 0 Å². The van der Waals surface area contributed by atoms with E-state index in [1.165, 1.54) is 12.5 Å². The van der Waals surface area contributed by atoms with E-state index in [-0.39, 0.29) is 18.6 Å². The predicted octanol–water partition coefficient (Wildman–Crippen LogP) is 3.51. The lowest BCUT2D eigenvalue weighted by atomic mass is 9.86. The van der Waals surface area contributed by atoms with Crippen LogP contribution in [0.1, 0.15) is 38.2 Å². The summed E-state index contributed by atoms with van der Waals surface area (Å²) in [4.78, 5) is 23.9. The lowest BCUT2D eigenvalue weighted by Crippen LogP contribution is -2.42. The van der Waals surface area contributed by atoms with Gasteiger partial charge >= 0.3 is 5.97 Å². The molecule has 0 bridgehead atoms. The summed E-state index contributed by atoms with van der Waals surface area (Å²) >= 11 is 0. The fourth-order valence-corrected chi connectivity index (χ4v) is 3.18. The first-order valence-electron chi connectivity index (χ1n) is 9.59. The maximum atomic E-state index is 12.0. The number of nitrogens with one attached hydrogen (secondary N) is 1. The van der Waals surface area contributed by atoms with E-state index < -0.39 is 5.97 Å². The van der Waals surface area contributed by atoms with Crippen molar-refractivity contribution in [3.05, 3.63) is 42.5 Å². The Balaban J connectivity index is 1.82. The van der Waals surface area contributed by atoms with E-state index in [9.17, 15) is 9.59 Å². The molecule has 0 aromatic heterocycles. The number of amides is 1. The average Bonchev–Trinajstić information content (AvgIpc) is 2.71. The highest BCUT2D eigenvalue weighted by atomic mass is 16.5. The predicted molar refractivity (Wildman–Crippen MR) is 108 cm³/mol. The van der Waals surface area contributed by atoms with Crippen LogP contribution >= 0.6 is 0 Å². The first kappa shape index (κ1) is 21.5. The van der Waals surface area contributed by atoms with Gasteiger partial charge in [-0.1, -0.05) is 38.5 Å². The summed E-state index contributed by atoms with van der Waals surface area (Å²) in [6.07, 6.45) is 8.97. The van der Waals surface area contributed by atoms with Gasteiger partial charge in [0.2, 0.25) is 0 Å². The van der Waals surface area contributed by atoms with Gasteiger partial charge < -0.3 is 19.5 Å². The highest BCUT2D eigenvalue weighted by Crippen LogP contribution is 2.28. The lowest BCUT2D eigenvalue weighted by Gasteiger charge is -2.29. The van der Waals surface area contributed by atoms with Crippen molar-refractivity contribution >= 4 is 18.0 Å². The Kier molecular flexibility index (Phi) is 8.59. The molecule has 2 rings (SSSR count). The molecule has 1 amide bonds. The summed E-state index contributed by atoms with van der Waals surface area (Å²) in [5.41, 5.74) is 0.750. The van der Waals surface area contributed by atoms with Crippen LogP contribution in [0.5, 0.6) is 11.5 Å². The minimum atomic E-state index is -0.571. The van der Waals surface area contributed by atoms with Crippen LogP contribution < -0.4 is 14.8 Å². The van der Waals surface area contributed by atoms with Crippen molar-refractivity contribution in [3.8, 4) is 11.5 Å². The van der Waals surface area contributed by atoms with E-state index in [0.29, 0.717) is 24.0 Å². The van der Waals surface area contributed by atoms with Crippen molar-refractivity contribution in [1.29, 1.82) is 0 Å². The monoisotopic (exact) mass is 387 g/mol. The fourth-order valence-electron chi connectivity index (χ4n) is 3.18. The number of hydrogen-bond acceptors (Lipinski definition) is 5. The maximum Gasteiger partial charge on any atom is 0.331 e. The summed E-state index contributed by atoms with van der Waals surface area (Å²) < 4.78 is 15.8. The summed E-state index contributed by atoms with van der Waals surface area (Å²) in [5.74, 6) is 0.777. The molecule has 6 nitrogen and oxygen atoms in total. The highest BCUT2D eigenvalue weighted by molar-refractivity contribution is 5.89. The number of methoxy groups -OCH3 is 1. The molecule has 0 saturated heterocycles. The topological polar surface area (TPSA) is 73.9 Å². The third-order valence-electron chi connectivity index (χ3n) is 4.76. The van der Waals surface area contributed by atoms with Gasteiger partial charge in [0, 0.05) is 12.1 Å². The number of hydrogen-bond donors (Lipinski definition) is 1. The largest absolute Gasteiger partial charge is 0.493 e. The number of benzene rings is 1. The fraction of sp³-hybridized carbons (Fsp3) is 0.455. The van der Waals surface area contributed by atoms with E-state index in [2.05, 4.69) is 18.8 Å². The molecule has 0 heterocycles. The molecule has 2 atom stereocenters. The smallest absolute Gasteiger partial charge is 0.331 e. The molecule has 1 aliphatic rings. The molecule has 1 N–H and O–H groups in total. The third-order valence-corrected chi connectivity index (χ3v) is 4.76. The second-order valence-corrected chi connectivity index (χ2v) is 6.89. The molecule has 28 heavy (non-hydrogen) atoms. The highest BCUT2D eigenvalue weighted by Gasteiger charge is 2.22. The SMILES string of the molecule is C=CCOc1ccc(/C=C/C(=O)OCC(=O)N[C@H]2CCCC[C@H]2C)cc1OC. The van der Waals surface area contributed by atoms with Crippen LogP contribution in [0.25, 0.3) is 6.08 Å². The van der Waals surface area contributed by atoms with Crippen LogP contribution in [0.3, 0.4) is 0 Å². The van der Waals surface area contributed by atoms with Gasteiger partial charge in [-0.15, -0.1) is 0 Å². The van der Waals surface area contributed by atoms with Crippen LogP contribution in [-0.2, 0) is 14.3 Å². The number of ether oxygens (including phenoxy) is 3. The van der Waals surface area contributed by atoms with E-state index in [1.807, 2.05) is 0 Å². The zero-order valence-electron chi connectivity index (χ0n) is 16.6. The molecular formula is C22H29NO5. The van der Waals surface area contributed by atoms with Crippen molar-refractivity contribution in [2.24, 2.45) is 5.92 Å². The second-order valence-electron chi connectivity index (χ2n) is 6.89. The van der Waals surface area contributed by atoms with E-state index >= 15 is 0 Å². The molecule has 1 aliphatic carbocycles. The quantitative estimate of drug-likeness (QED) is 0.399. The maximum absolute atomic E-state index is 12.0. The van der Waals surface area contributed by atoms with Gasteiger partial charge in [0.25, 0.3) is 5.91 Å². The Morgan fingerprint density at radius 2 is 2.04 bits per heavy atom. The van der Waals surface area contributed by atoms with Crippen molar-refractivity contribution < 1.29 is 23.8 Å². The van der Waals surface area contributed by atoms with Gasteiger partial charge in [-0.2, -0.15) is 0 Å². The number of rotatable bonds is 9. The summed E-state index contributed by atoms with van der Waals surface area (Å²) in [5, 5.41) is 2.96. The first-order valence-corrected chi connectivity index (χ1v) is 9.59. The Morgan fingerprint density at radius 3 is 2.75 bits per heavy atom. The van der Waals surface area contributed by atoms with Gasteiger partial charge in [-0.25, -0.2) is 4.79 Å². The molecule has 6 heteroatoms. The second kappa shape index (κ2) is 11.2. The number of carbonyl (C=O) groups is 2. The molecule has 152 valence electrons. The summed E-state index contributed by atoms with van der Waals surface area (Å²) in [6, 6.07) is 5.47. The molecule has 0 radical (unpaired) electrons. The van der Waals surface area contributed by atoms with Crippen molar-refractivity contribution in [1.82, 2.24) is 5.32 Å². The molecule has 1 aromatic rings. The molecule has 1 fully saturated rings. The minimum absolute atomic E-state index is 0.171. The van der Waals surface area contributed by atoms with Crippen LogP contribution in [0.4, 0.5) is 0 Å². The standard InChI is InChI=1S/C22H29NO5/c1-4-13-27-19-11-9-17(14-20(19)26-3)10-12-22(25)28-15-21(24)23-18-8-6-5-7-16(18)2/h4,9-12,14,16,18H,1,5-8,13,15H2,2-3H3,(H,23,24)/b12-10+/t16-,18+/m1/s1. The Hall–Kier alpha value is -2.76. The Bertz CT molecular complexity index is 713. The van der Waals surface area contributed by atoms with E-state index in [0.717, 1.165) is 24.8 Å². The summed E-state index contributed by atoms with van der Waals surface area (Å²) in [7, 11) is 1.55. The molecule has 0 unspecified atom stereocenters. The van der Waals surface area contributed by atoms with Crippen LogP contribution in [0, 0.1) is 5.92 Å².